The van der Waals surface area contributed by atoms with Crippen LogP contribution < -0.4 is 0 Å². The monoisotopic (exact) mass is 258 g/mol. The van der Waals surface area contributed by atoms with Crippen molar-refractivity contribution in [2.45, 2.75) is 93.1 Å². The molecule has 0 N–H and O–H groups in total. The smallest absolute Gasteiger partial charge is 0.0515 e. The molecule has 0 atom stereocenters. The molecule has 0 aromatic carbocycles. The van der Waals surface area contributed by atoms with Crippen LogP contribution in [0.3, 0.4) is 0 Å². The zero-order valence-corrected chi connectivity index (χ0v) is 14.3. The summed E-state index contributed by atoms with van der Waals surface area (Å²) in [6.45, 7) is 15.2. The van der Waals surface area contributed by atoms with Gasteiger partial charge in [0.2, 0.25) is 0 Å². The molecule has 0 amide bonds. The summed E-state index contributed by atoms with van der Waals surface area (Å²) in [5.74, 6) is 1.02. The highest BCUT2D eigenvalue weighted by Crippen LogP contribution is 2.40. The first kappa shape index (κ1) is 20.3. The van der Waals surface area contributed by atoms with Gasteiger partial charge in [0, 0.05) is 7.11 Å². The SMILES string of the molecule is CC.CCC(C)(C)C1CCCCC1.COC(C)C. The van der Waals surface area contributed by atoms with E-state index in [1.807, 2.05) is 27.7 Å². The van der Waals surface area contributed by atoms with E-state index in [1.54, 1.807) is 7.11 Å². The molecule has 0 radical (unpaired) electrons. The van der Waals surface area contributed by atoms with Crippen molar-refractivity contribution in [1.82, 2.24) is 0 Å². The molecule has 1 nitrogen and oxygen atoms in total. The third-order valence-electron chi connectivity index (χ3n) is 4.09. The van der Waals surface area contributed by atoms with Crippen LogP contribution in [0.25, 0.3) is 0 Å². The molecule has 0 unspecified atom stereocenters. The van der Waals surface area contributed by atoms with Gasteiger partial charge < -0.3 is 4.74 Å². The maximum atomic E-state index is 4.75. The van der Waals surface area contributed by atoms with Crippen LogP contribution in [-0.2, 0) is 4.74 Å². The molecular formula is C17H38O. The predicted molar refractivity (Wildman–Crippen MR) is 84.1 cm³/mol. The van der Waals surface area contributed by atoms with E-state index in [-0.39, 0.29) is 0 Å². The lowest BCUT2D eigenvalue weighted by molar-refractivity contribution is 0.134. The Bertz CT molecular complexity index is 155. The molecule has 0 aromatic heterocycles. The normalized spacial score (nSPS) is 16.5. The minimum atomic E-state index is 0.384. The minimum Gasteiger partial charge on any atom is -0.382 e. The van der Waals surface area contributed by atoms with Crippen molar-refractivity contribution in [2.24, 2.45) is 11.3 Å². The van der Waals surface area contributed by atoms with Crippen LogP contribution in [0.15, 0.2) is 0 Å². The summed E-state index contributed by atoms with van der Waals surface area (Å²) in [4.78, 5) is 0. The molecule has 112 valence electrons. The van der Waals surface area contributed by atoms with Crippen molar-refractivity contribution in [3.05, 3.63) is 0 Å². The van der Waals surface area contributed by atoms with Gasteiger partial charge in [0.15, 0.2) is 0 Å². The van der Waals surface area contributed by atoms with Gasteiger partial charge in [-0.25, -0.2) is 0 Å². The molecule has 1 saturated carbocycles. The van der Waals surface area contributed by atoms with Crippen LogP contribution in [-0.4, -0.2) is 13.2 Å². The average molecular weight is 258 g/mol. The predicted octanol–water partition coefficient (Wildman–Crippen LogP) is 6.07. The van der Waals surface area contributed by atoms with Gasteiger partial charge in [0.25, 0.3) is 0 Å². The van der Waals surface area contributed by atoms with Gasteiger partial charge in [-0.1, -0.05) is 60.3 Å². The summed E-state index contributed by atoms with van der Waals surface area (Å²) in [5.41, 5.74) is 0.612. The van der Waals surface area contributed by atoms with E-state index < -0.39 is 0 Å². The Labute approximate surface area is 117 Å². The second-order valence-electron chi connectivity index (χ2n) is 5.96. The maximum Gasteiger partial charge on any atom is 0.0515 e. The van der Waals surface area contributed by atoms with Crippen LogP contribution >= 0.6 is 0 Å². The topological polar surface area (TPSA) is 9.23 Å². The number of rotatable bonds is 3. The first-order valence-corrected chi connectivity index (χ1v) is 7.96. The third kappa shape index (κ3) is 9.94. The van der Waals surface area contributed by atoms with Crippen LogP contribution in [0.1, 0.15) is 87.0 Å². The highest BCUT2D eigenvalue weighted by molar-refractivity contribution is 4.79. The van der Waals surface area contributed by atoms with Crippen molar-refractivity contribution in [1.29, 1.82) is 0 Å². The van der Waals surface area contributed by atoms with Crippen molar-refractivity contribution in [3.8, 4) is 0 Å². The van der Waals surface area contributed by atoms with Gasteiger partial charge in [-0.2, -0.15) is 0 Å². The van der Waals surface area contributed by atoms with Gasteiger partial charge in [0.05, 0.1) is 6.10 Å². The van der Waals surface area contributed by atoms with Gasteiger partial charge in [0.1, 0.15) is 0 Å². The van der Waals surface area contributed by atoms with E-state index in [0.29, 0.717) is 11.5 Å². The van der Waals surface area contributed by atoms with Crippen molar-refractivity contribution in [3.63, 3.8) is 0 Å². The van der Waals surface area contributed by atoms with Crippen LogP contribution in [0, 0.1) is 11.3 Å². The highest BCUT2D eigenvalue weighted by Gasteiger charge is 2.28. The summed E-state index contributed by atoms with van der Waals surface area (Å²) in [6.07, 6.45) is 9.15. The van der Waals surface area contributed by atoms with Gasteiger partial charge in [-0.3, -0.25) is 0 Å². The molecule has 0 bridgehead atoms. The molecule has 0 heterocycles. The first-order chi connectivity index (χ1) is 8.44. The summed E-state index contributed by atoms with van der Waals surface area (Å²) < 4.78 is 4.75. The van der Waals surface area contributed by atoms with E-state index in [2.05, 4.69) is 20.8 Å². The van der Waals surface area contributed by atoms with E-state index in [0.717, 1.165) is 5.92 Å². The van der Waals surface area contributed by atoms with Crippen LogP contribution in [0.4, 0.5) is 0 Å². The quantitative estimate of drug-likeness (QED) is 0.597. The van der Waals surface area contributed by atoms with E-state index in [4.69, 9.17) is 4.74 Å². The molecule has 0 aliphatic heterocycles. The zero-order chi connectivity index (χ0) is 14.6. The molecule has 0 aromatic rings. The zero-order valence-electron chi connectivity index (χ0n) is 14.3. The van der Waals surface area contributed by atoms with Gasteiger partial charge in [-0.15, -0.1) is 0 Å². The fourth-order valence-corrected chi connectivity index (χ4v) is 2.17. The summed E-state index contributed by atoms with van der Waals surface area (Å²) in [5, 5.41) is 0. The Morgan fingerprint density at radius 1 is 1.06 bits per heavy atom. The fraction of sp³-hybridized carbons (Fsp3) is 1.00. The molecule has 1 aliphatic rings. The Kier molecular flexibility index (Phi) is 13.5. The van der Waals surface area contributed by atoms with E-state index >= 15 is 0 Å². The second kappa shape index (κ2) is 12.0. The minimum absolute atomic E-state index is 0.384. The second-order valence-corrected chi connectivity index (χ2v) is 5.96. The average Bonchev–Trinajstić information content (AvgIpc) is 2.42. The third-order valence-corrected chi connectivity index (χ3v) is 4.09. The molecule has 1 aliphatic carbocycles. The highest BCUT2D eigenvalue weighted by atomic mass is 16.5. The van der Waals surface area contributed by atoms with Crippen LogP contribution in [0.5, 0.6) is 0 Å². The lowest BCUT2D eigenvalue weighted by atomic mass is 9.70. The molecule has 1 heteroatoms. The fourth-order valence-electron chi connectivity index (χ4n) is 2.17. The Balaban J connectivity index is 0. The molecule has 18 heavy (non-hydrogen) atoms. The molecule has 1 rings (SSSR count). The summed E-state index contributed by atoms with van der Waals surface area (Å²) >= 11 is 0. The van der Waals surface area contributed by atoms with Crippen LogP contribution in [0.2, 0.25) is 0 Å². The van der Waals surface area contributed by atoms with Crippen molar-refractivity contribution < 1.29 is 4.74 Å². The summed E-state index contributed by atoms with van der Waals surface area (Å²) in [7, 11) is 1.70. The first-order valence-electron chi connectivity index (χ1n) is 7.96. The van der Waals surface area contributed by atoms with Gasteiger partial charge >= 0.3 is 0 Å². The number of hydrogen-bond acceptors (Lipinski definition) is 1. The molecule has 1 fully saturated rings. The number of ether oxygens (including phenoxy) is 1. The largest absolute Gasteiger partial charge is 0.382 e. The maximum absolute atomic E-state index is 4.75. The van der Waals surface area contributed by atoms with Crippen molar-refractivity contribution >= 4 is 0 Å². The Hall–Kier alpha value is -0.0400. The standard InChI is InChI=1S/C11H22.C4H10O.C2H6/c1-4-11(2,3)10-8-6-5-7-9-10;1-4(2)5-3;1-2/h10H,4-9H2,1-3H3;4H,1-3H3;1-2H3. The lowest BCUT2D eigenvalue weighted by Gasteiger charge is -2.36. The number of hydrogen-bond donors (Lipinski definition) is 0. The summed E-state index contributed by atoms with van der Waals surface area (Å²) in [6, 6.07) is 0. The Morgan fingerprint density at radius 3 is 1.72 bits per heavy atom. The van der Waals surface area contributed by atoms with Gasteiger partial charge in [-0.05, 0) is 38.0 Å². The van der Waals surface area contributed by atoms with E-state index in [1.165, 1.54) is 38.5 Å². The lowest BCUT2D eigenvalue weighted by Crippen LogP contribution is -2.25. The Morgan fingerprint density at radius 2 is 1.44 bits per heavy atom. The number of methoxy groups -OCH3 is 1. The van der Waals surface area contributed by atoms with E-state index in [9.17, 15) is 0 Å². The molecule has 0 spiro atoms. The van der Waals surface area contributed by atoms with Crippen molar-refractivity contribution in [2.75, 3.05) is 7.11 Å². The molecular weight excluding hydrogens is 220 g/mol. The molecule has 0 saturated heterocycles.